The zero-order valence-electron chi connectivity index (χ0n) is 11.4. The Balaban J connectivity index is 1.91. The van der Waals surface area contributed by atoms with Gasteiger partial charge < -0.3 is 5.32 Å². The van der Waals surface area contributed by atoms with Crippen molar-refractivity contribution in [3.05, 3.63) is 57.3 Å². The predicted molar refractivity (Wildman–Crippen MR) is 80.2 cm³/mol. The van der Waals surface area contributed by atoms with Crippen molar-refractivity contribution < 1.29 is 0 Å². The van der Waals surface area contributed by atoms with Crippen LogP contribution in [-0.4, -0.2) is 6.04 Å². The van der Waals surface area contributed by atoms with Crippen LogP contribution in [0.3, 0.4) is 0 Å². The summed E-state index contributed by atoms with van der Waals surface area (Å²) in [6.45, 7) is 7.59. The highest BCUT2D eigenvalue weighted by atomic mass is 32.1. The van der Waals surface area contributed by atoms with Gasteiger partial charge in [0.1, 0.15) is 0 Å². The summed E-state index contributed by atoms with van der Waals surface area (Å²) >= 11 is 1.77. The molecule has 1 aromatic heterocycles. The van der Waals surface area contributed by atoms with Crippen LogP contribution in [0.5, 0.6) is 0 Å². The first kappa shape index (κ1) is 13.3. The molecule has 1 aromatic carbocycles. The lowest BCUT2D eigenvalue weighted by Crippen LogP contribution is -2.28. The minimum atomic E-state index is 0.513. The molecule has 0 saturated heterocycles. The van der Waals surface area contributed by atoms with Crippen LogP contribution >= 0.6 is 11.3 Å². The number of hydrogen-bond acceptors (Lipinski definition) is 2. The van der Waals surface area contributed by atoms with Gasteiger partial charge >= 0.3 is 0 Å². The van der Waals surface area contributed by atoms with E-state index >= 15 is 0 Å². The second-order valence-electron chi connectivity index (χ2n) is 4.99. The highest BCUT2D eigenvalue weighted by Crippen LogP contribution is 2.14. The molecule has 0 aliphatic heterocycles. The Kier molecular flexibility index (Phi) is 4.56. The van der Waals surface area contributed by atoms with E-state index in [0.717, 1.165) is 13.0 Å². The van der Waals surface area contributed by atoms with Crippen molar-refractivity contribution >= 4 is 11.3 Å². The molecule has 0 radical (unpaired) electrons. The minimum Gasteiger partial charge on any atom is -0.310 e. The van der Waals surface area contributed by atoms with Gasteiger partial charge in [0.2, 0.25) is 0 Å². The Hall–Kier alpha value is -1.12. The fourth-order valence-electron chi connectivity index (χ4n) is 2.24. The maximum absolute atomic E-state index is 3.62. The Labute approximate surface area is 114 Å². The van der Waals surface area contributed by atoms with E-state index in [0.29, 0.717) is 6.04 Å². The molecule has 0 bridgehead atoms. The van der Waals surface area contributed by atoms with Crippen molar-refractivity contribution in [2.24, 2.45) is 0 Å². The Morgan fingerprint density at radius 2 is 1.89 bits per heavy atom. The second-order valence-corrected chi connectivity index (χ2v) is 5.77. The van der Waals surface area contributed by atoms with Crippen molar-refractivity contribution in [3.8, 4) is 0 Å². The molecule has 2 rings (SSSR count). The molecule has 18 heavy (non-hydrogen) atoms. The van der Waals surface area contributed by atoms with Crippen molar-refractivity contribution in [2.45, 2.75) is 39.8 Å². The summed E-state index contributed by atoms with van der Waals surface area (Å²) in [6.07, 6.45) is 1.11. The van der Waals surface area contributed by atoms with Gasteiger partial charge in [0.05, 0.1) is 0 Å². The lowest BCUT2D eigenvalue weighted by molar-refractivity contribution is 0.544. The highest BCUT2D eigenvalue weighted by Gasteiger charge is 2.06. The lowest BCUT2D eigenvalue weighted by Gasteiger charge is -2.16. The van der Waals surface area contributed by atoms with E-state index < -0.39 is 0 Å². The summed E-state index contributed by atoms with van der Waals surface area (Å²) in [7, 11) is 0. The van der Waals surface area contributed by atoms with Crippen LogP contribution < -0.4 is 5.32 Å². The zero-order valence-corrected chi connectivity index (χ0v) is 12.2. The molecule has 1 heterocycles. The third-order valence-electron chi connectivity index (χ3n) is 3.39. The molecule has 1 atom stereocenters. The first-order chi connectivity index (χ1) is 8.66. The molecule has 1 N–H and O–H groups in total. The van der Waals surface area contributed by atoms with Crippen LogP contribution in [0.4, 0.5) is 0 Å². The van der Waals surface area contributed by atoms with Crippen LogP contribution in [0, 0.1) is 13.8 Å². The molecule has 1 unspecified atom stereocenters. The van der Waals surface area contributed by atoms with E-state index in [1.54, 1.807) is 11.3 Å². The Morgan fingerprint density at radius 3 is 2.50 bits per heavy atom. The number of benzene rings is 1. The highest BCUT2D eigenvalue weighted by molar-refractivity contribution is 7.07. The fourth-order valence-corrected chi connectivity index (χ4v) is 2.92. The van der Waals surface area contributed by atoms with Gasteiger partial charge in [-0.1, -0.05) is 18.2 Å². The number of thiophene rings is 1. The molecule has 96 valence electrons. The van der Waals surface area contributed by atoms with Gasteiger partial charge in [-0.2, -0.15) is 11.3 Å². The summed E-state index contributed by atoms with van der Waals surface area (Å²) in [4.78, 5) is 0. The normalized spacial score (nSPS) is 12.6. The van der Waals surface area contributed by atoms with Crippen molar-refractivity contribution in [3.63, 3.8) is 0 Å². The minimum absolute atomic E-state index is 0.513. The summed E-state index contributed by atoms with van der Waals surface area (Å²) < 4.78 is 0. The van der Waals surface area contributed by atoms with E-state index in [1.165, 1.54) is 22.3 Å². The van der Waals surface area contributed by atoms with E-state index in [1.807, 2.05) is 0 Å². The number of aryl methyl sites for hydroxylation is 2. The van der Waals surface area contributed by atoms with Crippen LogP contribution in [0.25, 0.3) is 0 Å². The second kappa shape index (κ2) is 6.17. The van der Waals surface area contributed by atoms with E-state index in [4.69, 9.17) is 0 Å². The van der Waals surface area contributed by atoms with Crippen LogP contribution in [0.2, 0.25) is 0 Å². The summed E-state index contributed by atoms with van der Waals surface area (Å²) in [5.41, 5.74) is 5.63. The SMILES string of the molecule is Cc1cccc(C)c1CNC(C)Cc1ccsc1. The summed E-state index contributed by atoms with van der Waals surface area (Å²) in [6, 6.07) is 9.23. The zero-order chi connectivity index (χ0) is 13.0. The molecule has 2 aromatic rings. The molecular formula is C16H21NS. The number of rotatable bonds is 5. The van der Waals surface area contributed by atoms with E-state index in [-0.39, 0.29) is 0 Å². The molecule has 1 nitrogen and oxygen atoms in total. The van der Waals surface area contributed by atoms with Gasteiger partial charge in [0.15, 0.2) is 0 Å². The molecule has 0 fully saturated rings. The van der Waals surface area contributed by atoms with Crippen LogP contribution in [0.1, 0.15) is 29.2 Å². The molecule has 0 amide bonds. The Morgan fingerprint density at radius 1 is 1.17 bits per heavy atom. The van der Waals surface area contributed by atoms with Gasteiger partial charge in [0.25, 0.3) is 0 Å². The van der Waals surface area contributed by atoms with E-state index in [9.17, 15) is 0 Å². The smallest absolute Gasteiger partial charge is 0.0213 e. The number of hydrogen-bond donors (Lipinski definition) is 1. The first-order valence-corrected chi connectivity index (χ1v) is 7.40. The van der Waals surface area contributed by atoms with Crippen LogP contribution in [0.15, 0.2) is 35.0 Å². The van der Waals surface area contributed by atoms with Crippen molar-refractivity contribution in [1.82, 2.24) is 5.32 Å². The van der Waals surface area contributed by atoms with Gasteiger partial charge in [0, 0.05) is 12.6 Å². The van der Waals surface area contributed by atoms with Gasteiger partial charge in [-0.05, 0) is 66.3 Å². The largest absolute Gasteiger partial charge is 0.310 e. The molecule has 0 saturated carbocycles. The topological polar surface area (TPSA) is 12.0 Å². The fraction of sp³-hybridized carbons (Fsp3) is 0.375. The molecule has 0 spiro atoms. The summed E-state index contributed by atoms with van der Waals surface area (Å²) in [5.74, 6) is 0. The average Bonchev–Trinajstić information content (AvgIpc) is 2.81. The first-order valence-electron chi connectivity index (χ1n) is 6.46. The van der Waals surface area contributed by atoms with Crippen molar-refractivity contribution in [2.75, 3.05) is 0 Å². The monoisotopic (exact) mass is 259 g/mol. The summed E-state index contributed by atoms with van der Waals surface area (Å²) in [5, 5.41) is 8.00. The number of nitrogens with one attached hydrogen (secondary N) is 1. The Bertz CT molecular complexity index is 468. The van der Waals surface area contributed by atoms with Crippen molar-refractivity contribution in [1.29, 1.82) is 0 Å². The molecule has 0 aliphatic rings. The maximum Gasteiger partial charge on any atom is 0.0213 e. The van der Waals surface area contributed by atoms with Gasteiger partial charge in [-0.25, -0.2) is 0 Å². The van der Waals surface area contributed by atoms with Gasteiger partial charge in [-0.3, -0.25) is 0 Å². The average molecular weight is 259 g/mol. The molecule has 2 heteroatoms. The standard InChI is InChI=1S/C16H21NS/c1-12-5-4-6-13(2)16(12)10-17-14(3)9-15-7-8-18-11-15/h4-8,11,14,17H,9-10H2,1-3H3. The van der Waals surface area contributed by atoms with Gasteiger partial charge in [-0.15, -0.1) is 0 Å². The third kappa shape index (κ3) is 3.44. The van der Waals surface area contributed by atoms with E-state index in [2.05, 4.69) is 61.1 Å². The quantitative estimate of drug-likeness (QED) is 0.853. The third-order valence-corrected chi connectivity index (χ3v) is 4.13. The predicted octanol–water partition coefficient (Wildman–Crippen LogP) is 4.09. The van der Waals surface area contributed by atoms with Crippen LogP contribution in [-0.2, 0) is 13.0 Å². The molecular weight excluding hydrogens is 238 g/mol. The molecule has 0 aliphatic carbocycles. The maximum atomic E-state index is 3.62. The lowest BCUT2D eigenvalue weighted by atomic mass is 10.0.